The minimum Gasteiger partial charge on any atom is -0.375 e. The third-order valence-electron chi connectivity index (χ3n) is 6.13. The van der Waals surface area contributed by atoms with Crippen LogP contribution >= 0.6 is 0 Å². The first kappa shape index (κ1) is 12.7. The van der Waals surface area contributed by atoms with Gasteiger partial charge in [-0.25, -0.2) is 0 Å². The summed E-state index contributed by atoms with van der Waals surface area (Å²) >= 11 is 0. The minimum absolute atomic E-state index is 0.115. The molecule has 18 heavy (non-hydrogen) atoms. The smallest absolute Gasteiger partial charge is 0.0725 e. The SMILES string of the molecule is CC1(C)CCCC2(C)C1=CCC1(C)OCCCC12. The minimum atomic E-state index is 0.115. The number of allylic oxidation sites excluding steroid dienone is 1. The molecule has 3 rings (SSSR count). The maximum atomic E-state index is 6.21. The first-order chi connectivity index (χ1) is 8.39. The van der Waals surface area contributed by atoms with E-state index in [1.54, 1.807) is 5.57 Å². The topological polar surface area (TPSA) is 9.23 Å². The van der Waals surface area contributed by atoms with Crippen LogP contribution in [-0.2, 0) is 4.74 Å². The van der Waals surface area contributed by atoms with Crippen LogP contribution in [0.2, 0.25) is 0 Å². The van der Waals surface area contributed by atoms with Gasteiger partial charge in [-0.1, -0.05) is 38.8 Å². The summed E-state index contributed by atoms with van der Waals surface area (Å²) in [6.07, 6.45) is 10.4. The second-order valence-corrected chi connectivity index (χ2v) is 7.83. The number of hydrogen-bond donors (Lipinski definition) is 0. The van der Waals surface area contributed by atoms with Crippen molar-refractivity contribution in [2.45, 2.75) is 71.8 Å². The molecule has 1 nitrogen and oxygen atoms in total. The van der Waals surface area contributed by atoms with Gasteiger partial charge >= 0.3 is 0 Å². The monoisotopic (exact) mass is 248 g/mol. The lowest BCUT2D eigenvalue weighted by molar-refractivity contribution is -0.149. The predicted octanol–water partition coefficient (Wildman–Crippen LogP) is 4.72. The van der Waals surface area contributed by atoms with Crippen molar-refractivity contribution in [3.05, 3.63) is 11.6 Å². The zero-order chi connectivity index (χ0) is 13.0. The molecule has 1 aliphatic heterocycles. The summed E-state index contributed by atoms with van der Waals surface area (Å²) in [5, 5.41) is 0. The van der Waals surface area contributed by atoms with Gasteiger partial charge in [-0.3, -0.25) is 0 Å². The van der Waals surface area contributed by atoms with Crippen molar-refractivity contribution in [3.63, 3.8) is 0 Å². The molecular weight excluding hydrogens is 220 g/mol. The van der Waals surface area contributed by atoms with Crippen molar-refractivity contribution in [2.75, 3.05) is 6.61 Å². The van der Waals surface area contributed by atoms with Crippen LogP contribution in [0.15, 0.2) is 11.6 Å². The van der Waals surface area contributed by atoms with Crippen LogP contribution in [0.4, 0.5) is 0 Å². The summed E-state index contributed by atoms with van der Waals surface area (Å²) in [5.74, 6) is 0.735. The molecule has 0 radical (unpaired) electrons. The second-order valence-electron chi connectivity index (χ2n) is 7.83. The number of rotatable bonds is 0. The summed E-state index contributed by atoms with van der Waals surface area (Å²) in [7, 11) is 0. The highest BCUT2D eigenvalue weighted by Gasteiger charge is 2.55. The Labute approximate surface area is 112 Å². The van der Waals surface area contributed by atoms with E-state index in [1.807, 2.05) is 0 Å². The average molecular weight is 248 g/mol. The van der Waals surface area contributed by atoms with Crippen molar-refractivity contribution in [1.29, 1.82) is 0 Å². The molecule has 0 bridgehead atoms. The van der Waals surface area contributed by atoms with E-state index < -0.39 is 0 Å². The fourth-order valence-electron chi connectivity index (χ4n) is 5.31. The van der Waals surface area contributed by atoms with E-state index in [2.05, 4.69) is 33.8 Å². The summed E-state index contributed by atoms with van der Waals surface area (Å²) in [5.41, 5.74) is 2.67. The van der Waals surface area contributed by atoms with Gasteiger partial charge in [-0.05, 0) is 55.8 Å². The molecule has 1 heterocycles. The van der Waals surface area contributed by atoms with Gasteiger partial charge in [-0.15, -0.1) is 0 Å². The van der Waals surface area contributed by atoms with Gasteiger partial charge in [0.1, 0.15) is 0 Å². The molecule has 3 unspecified atom stereocenters. The van der Waals surface area contributed by atoms with Crippen molar-refractivity contribution >= 4 is 0 Å². The van der Waals surface area contributed by atoms with Crippen LogP contribution in [0, 0.1) is 16.7 Å². The quantitative estimate of drug-likeness (QED) is 0.564. The molecule has 0 spiro atoms. The second kappa shape index (κ2) is 3.85. The van der Waals surface area contributed by atoms with Crippen LogP contribution < -0.4 is 0 Å². The molecule has 0 aromatic carbocycles. The maximum Gasteiger partial charge on any atom is 0.0725 e. The Kier molecular flexibility index (Phi) is 2.72. The molecule has 1 heteroatoms. The zero-order valence-electron chi connectivity index (χ0n) is 12.5. The lowest BCUT2D eigenvalue weighted by atomic mass is 9.49. The first-order valence-electron chi connectivity index (χ1n) is 7.74. The third-order valence-corrected chi connectivity index (χ3v) is 6.13. The standard InChI is InChI=1S/C17H28O/c1-15(2)9-6-10-16(3)13(15)8-11-17(4)14(16)7-5-12-18-17/h8,14H,5-7,9-12H2,1-4H3. The molecule has 2 fully saturated rings. The summed E-state index contributed by atoms with van der Waals surface area (Å²) in [6, 6.07) is 0. The van der Waals surface area contributed by atoms with E-state index in [4.69, 9.17) is 4.74 Å². The van der Waals surface area contributed by atoms with Gasteiger partial charge in [0.25, 0.3) is 0 Å². The van der Waals surface area contributed by atoms with Gasteiger partial charge < -0.3 is 4.74 Å². The van der Waals surface area contributed by atoms with Gasteiger partial charge in [0.2, 0.25) is 0 Å². The molecule has 3 atom stereocenters. The zero-order valence-corrected chi connectivity index (χ0v) is 12.5. The van der Waals surface area contributed by atoms with Crippen molar-refractivity contribution in [1.82, 2.24) is 0 Å². The largest absolute Gasteiger partial charge is 0.375 e. The Bertz CT molecular complexity index is 381. The molecule has 0 amide bonds. The van der Waals surface area contributed by atoms with Crippen LogP contribution in [0.1, 0.15) is 66.2 Å². The summed E-state index contributed by atoms with van der Waals surface area (Å²) < 4.78 is 6.21. The molecule has 1 saturated heterocycles. The van der Waals surface area contributed by atoms with Crippen LogP contribution in [0.25, 0.3) is 0 Å². The van der Waals surface area contributed by atoms with Crippen molar-refractivity contribution in [3.8, 4) is 0 Å². The molecule has 2 aliphatic carbocycles. The summed E-state index contributed by atoms with van der Waals surface area (Å²) in [4.78, 5) is 0. The molecular formula is C17H28O. The highest BCUT2D eigenvalue weighted by Crippen LogP contribution is 2.61. The maximum absolute atomic E-state index is 6.21. The van der Waals surface area contributed by atoms with Gasteiger partial charge in [0.05, 0.1) is 5.60 Å². The molecule has 102 valence electrons. The summed E-state index contributed by atoms with van der Waals surface area (Å²) in [6.45, 7) is 10.7. The van der Waals surface area contributed by atoms with Crippen molar-refractivity contribution < 1.29 is 4.74 Å². The molecule has 0 aromatic rings. The third kappa shape index (κ3) is 1.62. The van der Waals surface area contributed by atoms with E-state index in [0.29, 0.717) is 10.8 Å². The Morgan fingerprint density at radius 1 is 1.11 bits per heavy atom. The van der Waals surface area contributed by atoms with Crippen LogP contribution in [0.3, 0.4) is 0 Å². The lowest BCUT2D eigenvalue weighted by Crippen LogP contribution is -2.55. The Morgan fingerprint density at radius 2 is 1.89 bits per heavy atom. The Balaban J connectivity index is 2.05. The van der Waals surface area contributed by atoms with E-state index in [9.17, 15) is 0 Å². The number of ether oxygens (including phenoxy) is 1. The van der Waals surface area contributed by atoms with Gasteiger partial charge in [0.15, 0.2) is 0 Å². The van der Waals surface area contributed by atoms with Crippen LogP contribution in [-0.4, -0.2) is 12.2 Å². The fourth-order valence-corrected chi connectivity index (χ4v) is 5.31. The highest BCUT2D eigenvalue weighted by molar-refractivity contribution is 5.30. The fraction of sp³-hybridized carbons (Fsp3) is 0.882. The van der Waals surface area contributed by atoms with E-state index in [0.717, 1.165) is 18.9 Å². The number of hydrogen-bond acceptors (Lipinski definition) is 1. The number of fused-ring (bicyclic) bond motifs is 3. The molecule has 1 saturated carbocycles. The van der Waals surface area contributed by atoms with Crippen molar-refractivity contribution in [2.24, 2.45) is 16.7 Å². The van der Waals surface area contributed by atoms with E-state index >= 15 is 0 Å². The highest BCUT2D eigenvalue weighted by atomic mass is 16.5. The van der Waals surface area contributed by atoms with Gasteiger partial charge in [0, 0.05) is 6.61 Å². The van der Waals surface area contributed by atoms with Crippen LogP contribution in [0.5, 0.6) is 0 Å². The normalized spacial score (nSPS) is 46.9. The first-order valence-corrected chi connectivity index (χ1v) is 7.74. The van der Waals surface area contributed by atoms with Gasteiger partial charge in [-0.2, -0.15) is 0 Å². The Hall–Kier alpha value is -0.300. The average Bonchev–Trinajstić information content (AvgIpc) is 2.27. The van der Waals surface area contributed by atoms with E-state index in [-0.39, 0.29) is 5.60 Å². The van der Waals surface area contributed by atoms with E-state index in [1.165, 1.54) is 32.1 Å². The molecule has 0 N–H and O–H groups in total. The molecule has 3 aliphatic rings. The Morgan fingerprint density at radius 3 is 2.67 bits per heavy atom. The lowest BCUT2D eigenvalue weighted by Gasteiger charge is -2.59. The predicted molar refractivity (Wildman–Crippen MR) is 75.5 cm³/mol. The molecule has 0 aromatic heterocycles.